The molecule has 2 aromatic rings. The van der Waals surface area contributed by atoms with Crippen molar-refractivity contribution in [2.45, 2.75) is 65.8 Å². The highest BCUT2D eigenvalue weighted by atomic mass is 16.6. The number of amides is 1. The van der Waals surface area contributed by atoms with Crippen LogP contribution in [-0.4, -0.2) is 38.3 Å². The smallest absolute Gasteiger partial charge is 0.439 e. The largest absolute Gasteiger partial charge is 0.441 e. The van der Waals surface area contributed by atoms with E-state index >= 15 is 0 Å². The molecular formula is C23H29N3O5. The van der Waals surface area contributed by atoms with Crippen molar-refractivity contribution in [1.82, 2.24) is 14.6 Å². The van der Waals surface area contributed by atoms with Crippen molar-refractivity contribution in [1.29, 1.82) is 0 Å². The molecule has 0 saturated carbocycles. The van der Waals surface area contributed by atoms with Crippen LogP contribution in [0.5, 0.6) is 0 Å². The topological polar surface area (TPSA) is 94.6 Å². The van der Waals surface area contributed by atoms with Gasteiger partial charge in [0.1, 0.15) is 5.54 Å². The fourth-order valence-corrected chi connectivity index (χ4v) is 3.66. The molecule has 166 valence electrons. The molecule has 0 radical (unpaired) electrons. The van der Waals surface area contributed by atoms with Crippen LogP contribution in [0.3, 0.4) is 0 Å². The fraction of sp³-hybridized carbons (Fsp3) is 0.478. The Morgan fingerprint density at radius 3 is 2.45 bits per heavy atom. The molecule has 0 spiro atoms. The lowest BCUT2D eigenvalue weighted by Crippen LogP contribution is -2.54. The number of aromatic nitrogens is 2. The van der Waals surface area contributed by atoms with E-state index in [1.807, 2.05) is 39.0 Å². The zero-order valence-corrected chi connectivity index (χ0v) is 18.6. The van der Waals surface area contributed by atoms with Gasteiger partial charge in [-0.2, -0.15) is 0 Å². The first-order valence-electron chi connectivity index (χ1n) is 10.3. The lowest BCUT2D eigenvalue weighted by Gasteiger charge is -2.38. The number of cyclic esters (lactones) is 1. The van der Waals surface area contributed by atoms with Crippen molar-refractivity contribution in [3.63, 3.8) is 0 Å². The number of hydrogen-bond acceptors (Lipinski definition) is 6. The average Bonchev–Trinajstić information content (AvgIpc) is 3.18. The summed E-state index contributed by atoms with van der Waals surface area (Å²) in [6.07, 6.45) is 3.92. The Morgan fingerprint density at radius 1 is 1.19 bits per heavy atom. The van der Waals surface area contributed by atoms with Crippen molar-refractivity contribution >= 4 is 11.9 Å². The number of rotatable bonds is 6. The molecular weight excluding hydrogens is 398 g/mol. The van der Waals surface area contributed by atoms with E-state index in [0.717, 1.165) is 0 Å². The number of benzene rings is 1. The molecule has 31 heavy (non-hydrogen) atoms. The Kier molecular flexibility index (Phi) is 6.20. The van der Waals surface area contributed by atoms with Crippen molar-refractivity contribution in [2.75, 3.05) is 0 Å². The summed E-state index contributed by atoms with van der Waals surface area (Å²) < 4.78 is 11.8. The van der Waals surface area contributed by atoms with Crippen LogP contribution >= 0.6 is 0 Å². The Hall–Kier alpha value is -3.16. The summed E-state index contributed by atoms with van der Waals surface area (Å²) in [5, 5.41) is 3.63. The zero-order chi connectivity index (χ0) is 22.8. The van der Waals surface area contributed by atoms with E-state index in [4.69, 9.17) is 4.74 Å². The van der Waals surface area contributed by atoms with E-state index in [9.17, 15) is 14.4 Å². The van der Waals surface area contributed by atoms with E-state index in [0.29, 0.717) is 30.8 Å². The molecule has 1 aliphatic rings. The lowest BCUT2D eigenvalue weighted by atomic mass is 9.89. The zero-order valence-electron chi connectivity index (χ0n) is 18.6. The maximum Gasteiger partial charge on any atom is 0.441 e. The van der Waals surface area contributed by atoms with Gasteiger partial charge in [-0.3, -0.25) is 18.8 Å². The first kappa shape index (κ1) is 22.5. The van der Waals surface area contributed by atoms with E-state index in [1.165, 1.54) is 4.57 Å². The van der Waals surface area contributed by atoms with Gasteiger partial charge in [-0.05, 0) is 38.8 Å². The monoisotopic (exact) mass is 427 g/mol. The molecule has 0 unspecified atom stereocenters. The number of ether oxygens (including phenoxy) is 1. The minimum Gasteiger partial charge on any atom is -0.439 e. The SMILES string of the molecule is Cc1noc(=O)n1CCC=CC[C@@]1(C)C(=O)O[C@H](C(C)(C)C)N1C(=O)c1ccccc1. The van der Waals surface area contributed by atoms with Crippen molar-refractivity contribution in [3.8, 4) is 0 Å². The highest BCUT2D eigenvalue weighted by molar-refractivity contribution is 5.99. The summed E-state index contributed by atoms with van der Waals surface area (Å²) in [5.74, 6) is -0.649. The third-order valence-corrected chi connectivity index (χ3v) is 5.47. The number of hydrogen-bond donors (Lipinski definition) is 0. The van der Waals surface area contributed by atoms with E-state index in [2.05, 4.69) is 9.68 Å². The van der Waals surface area contributed by atoms with Gasteiger partial charge in [0.25, 0.3) is 5.91 Å². The Labute approximate surface area is 181 Å². The standard InChI is InChI=1S/C23H29N3O5/c1-16-24-31-21(29)25(16)15-11-7-10-14-23(5)20(28)30-19(22(2,3)4)26(23)18(27)17-12-8-6-9-13-17/h6-10,12-13,19H,11,14-15H2,1-5H3/t19-,23+/m1/s1. The second-order valence-corrected chi connectivity index (χ2v) is 9.05. The van der Waals surface area contributed by atoms with Gasteiger partial charge in [-0.25, -0.2) is 9.59 Å². The Bertz CT molecular complexity index is 1030. The number of allylic oxidation sites excluding steroid dienone is 1. The quantitative estimate of drug-likeness (QED) is 0.519. The second-order valence-electron chi connectivity index (χ2n) is 9.05. The molecule has 0 bridgehead atoms. The fourth-order valence-electron chi connectivity index (χ4n) is 3.66. The van der Waals surface area contributed by atoms with Crippen molar-refractivity contribution in [3.05, 3.63) is 64.4 Å². The van der Waals surface area contributed by atoms with Crippen LogP contribution in [-0.2, 0) is 16.1 Å². The van der Waals surface area contributed by atoms with Gasteiger partial charge in [0.2, 0.25) is 0 Å². The summed E-state index contributed by atoms with van der Waals surface area (Å²) in [4.78, 5) is 39.5. The molecule has 8 heteroatoms. The predicted octanol–water partition coefficient (Wildman–Crippen LogP) is 3.31. The molecule has 0 aliphatic carbocycles. The molecule has 8 nitrogen and oxygen atoms in total. The number of carbonyl (C=O) groups excluding carboxylic acids is 2. The average molecular weight is 428 g/mol. The lowest BCUT2D eigenvalue weighted by molar-refractivity contribution is -0.148. The summed E-state index contributed by atoms with van der Waals surface area (Å²) in [6.45, 7) is 9.68. The minimum absolute atomic E-state index is 0.242. The Morgan fingerprint density at radius 2 is 1.87 bits per heavy atom. The maximum atomic E-state index is 13.4. The minimum atomic E-state index is -1.13. The molecule has 2 atom stereocenters. The molecule has 1 aromatic carbocycles. The van der Waals surface area contributed by atoms with Gasteiger partial charge in [0, 0.05) is 17.5 Å². The highest BCUT2D eigenvalue weighted by Gasteiger charge is 2.57. The highest BCUT2D eigenvalue weighted by Crippen LogP contribution is 2.40. The third-order valence-electron chi connectivity index (χ3n) is 5.47. The van der Waals surface area contributed by atoms with Crippen LogP contribution in [0.1, 0.15) is 56.7 Å². The van der Waals surface area contributed by atoms with Gasteiger partial charge in [-0.1, -0.05) is 56.3 Å². The van der Waals surface area contributed by atoms with Crippen LogP contribution in [0, 0.1) is 12.3 Å². The van der Waals surface area contributed by atoms with Crippen LogP contribution in [0.4, 0.5) is 0 Å². The van der Waals surface area contributed by atoms with Crippen molar-refractivity contribution in [2.24, 2.45) is 5.41 Å². The number of esters is 1. The van der Waals surface area contributed by atoms with E-state index in [-0.39, 0.29) is 5.91 Å². The molecule has 1 saturated heterocycles. The normalized spacial score (nSPS) is 21.6. The van der Waals surface area contributed by atoms with Crippen molar-refractivity contribution < 1.29 is 18.8 Å². The first-order valence-corrected chi connectivity index (χ1v) is 10.3. The molecule has 3 rings (SSSR count). The van der Waals surface area contributed by atoms with Gasteiger partial charge < -0.3 is 4.74 Å². The molecule has 1 aromatic heterocycles. The maximum absolute atomic E-state index is 13.4. The second kappa shape index (κ2) is 8.53. The number of aryl methyl sites for hydroxylation is 1. The van der Waals surface area contributed by atoms with E-state index < -0.39 is 28.9 Å². The number of carbonyl (C=O) groups is 2. The summed E-state index contributed by atoms with van der Waals surface area (Å²) >= 11 is 0. The van der Waals surface area contributed by atoms with Crippen LogP contribution in [0.15, 0.2) is 51.8 Å². The molecule has 1 aliphatic heterocycles. The third kappa shape index (κ3) is 4.47. The number of nitrogens with zero attached hydrogens (tertiary/aromatic N) is 3. The summed E-state index contributed by atoms with van der Waals surface area (Å²) in [5.41, 5.74) is -1.08. The molecule has 2 heterocycles. The van der Waals surface area contributed by atoms with Crippen LogP contribution in [0.25, 0.3) is 0 Å². The molecule has 1 fully saturated rings. The predicted molar refractivity (Wildman–Crippen MR) is 114 cm³/mol. The van der Waals surface area contributed by atoms with Crippen LogP contribution < -0.4 is 5.76 Å². The summed E-state index contributed by atoms with van der Waals surface area (Å²) in [7, 11) is 0. The van der Waals surface area contributed by atoms with Gasteiger partial charge >= 0.3 is 11.7 Å². The van der Waals surface area contributed by atoms with Gasteiger partial charge in [0.05, 0.1) is 0 Å². The van der Waals surface area contributed by atoms with E-state index in [1.54, 1.807) is 43.0 Å². The van der Waals surface area contributed by atoms with Crippen LogP contribution in [0.2, 0.25) is 0 Å². The molecule has 0 N–H and O–H groups in total. The van der Waals surface area contributed by atoms with Gasteiger partial charge in [-0.15, -0.1) is 0 Å². The Balaban J connectivity index is 1.80. The first-order chi connectivity index (χ1) is 14.6. The molecule has 1 amide bonds. The van der Waals surface area contributed by atoms with Gasteiger partial charge in [0.15, 0.2) is 12.1 Å². The summed E-state index contributed by atoms with van der Waals surface area (Å²) in [6, 6.07) is 8.91.